The molecule has 23 heavy (non-hydrogen) atoms. The van der Waals surface area contributed by atoms with Gasteiger partial charge in [0.15, 0.2) is 0 Å². The second-order valence-electron chi connectivity index (χ2n) is 5.26. The van der Waals surface area contributed by atoms with Crippen molar-refractivity contribution in [3.05, 3.63) is 51.7 Å². The molecule has 3 rings (SSSR count). The number of para-hydroxylation sites is 1. The predicted molar refractivity (Wildman–Crippen MR) is 87.0 cm³/mol. The van der Waals surface area contributed by atoms with Crippen LogP contribution in [0.4, 0.5) is 0 Å². The van der Waals surface area contributed by atoms with Crippen molar-refractivity contribution < 1.29 is 18.7 Å². The molecule has 0 fully saturated rings. The van der Waals surface area contributed by atoms with E-state index in [0.717, 1.165) is 5.56 Å². The van der Waals surface area contributed by atoms with Crippen LogP contribution in [0.15, 0.2) is 39.5 Å². The third-order valence-corrected chi connectivity index (χ3v) is 3.91. The highest BCUT2D eigenvalue weighted by atomic mass is 16.5. The Hall–Kier alpha value is -2.82. The zero-order chi connectivity index (χ0) is 16.6. The van der Waals surface area contributed by atoms with Crippen molar-refractivity contribution in [2.24, 2.45) is 0 Å². The number of carbonyl (C=O) groups excluding carboxylic acids is 1. The first-order chi connectivity index (χ1) is 11.1. The zero-order valence-electron chi connectivity index (χ0n) is 13.1. The number of methoxy groups -OCH3 is 2. The van der Waals surface area contributed by atoms with Gasteiger partial charge in [-0.1, -0.05) is 12.1 Å². The van der Waals surface area contributed by atoms with Crippen molar-refractivity contribution >= 4 is 27.9 Å². The standard InChI is InChI=1S/C18H16O5/c1-10-8-14(21-2)16-17(20)11-6-4-5-7-13(11)23-18(16)12(10)9-15(19)22-3/h4-8H,9H2,1-3H3. The Bertz CT molecular complexity index is 968. The van der Waals surface area contributed by atoms with Gasteiger partial charge in [-0.2, -0.15) is 0 Å². The van der Waals surface area contributed by atoms with Crippen LogP contribution in [0.1, 0.15) is 11.1 Å². The van der Waals surface area contributed by atoms with Gasteiger partial charge in [0.1, 0.15) is 22.3 Å². The number of rotatable bonds is 3. The first kappa shape index (κ1) is 15.1. The van der Waals surface area contributed by atoms with Crippen LogP contribution >= 0.6 is 0 Å². The average Bonchev–Trinajstić information content (AvgIpc) is 2.57. The molecule has 0 bridgehead atoms. The minimum absolute atomic E-state index is 0.0319. The molecule has 0 N–H and O–H groups in total. The molecule has 0 unspecified atom stereocenters. The summed E-state index contributed by atoms with van der Waals surface area (Å²) in [6.45, 7) is 1.84. The fraction of sp³-hybridized carbons (Fsp3) is 0.222. The molecular formula is C18H16O5. The van der Waals surface area contributed by atoms with Gasteiger partial charge in [0.25, 0.3) is 0 Å². The Balaban J connectivity index is 2.47. The lowest BCUT2D eigenvalue weighted by atomic mass is 10.00. The van der Waals surface area contributed by atoms with Gasteiger partial charge in [0, 0.05) is 5.56 Å². The number of esters is 1. The number of hydrogen-bond donors (Lipinski definition) is 0. The number of hydrogen-bond acceptors (Lipinski definition) is 5. The van der Waals surface area contributed by atoms with Crippen LogP contribution in [0.2, 0.25) is 0 Å². The summed E-state index contributed by atoms with van der Waals surface area (Å²) in [6.07, 6.45) is 0.0319. The van der Waals surface area contributed by atoms with Crippen LogP contribution in [-0.2, 0) is 16.0 Å². The Morgan fingerprint density at radius 1 is 1.22 bits per heavy atom. The van der Waals surface area contributed by atoms with Gasteiger partial charge in [-0.25, -0.2) is 0 Å². The van der Waals surface area contributed by atoms with Crippen molar-refractivity contribution in [1.29, 1.82) is 0 Å². The van der Waals surface area contributed by atoms with E-state index in [2.05, 4.69) is 0 Å². The molecule has 2 aromatic carbocycles. The molecule has 0 amide bonds. The molecule has 0 aliphatic carbocycles. The van der Waals surface area contributed by atoms with E-state index in [-0.39, 0.29) is 11.8 Å². The van der Waals surface area contributed by atoms with E-state index in [1.54, 1.807) is 30.3 Å². The first-order valence-corrected chi connectivity index (χ1v) is 7.15. The highest BCUT2D eigenvalue weighted by Gasteiger charge is 2.19. The summed E-state index contributed by atoms with van der Waals surface area (Å²) in [5.74, 6) is 0.0426. The Kier molecular flexibility index (Phi) is 3.78. The topological polar surface area (TPSA) is 65.7 Å². The Morgan fingerprint density at radius 2 is 1.96 bits per heavy atom. The molecule has 5 nitrogen and oxygen atoms in total. The van der Waals surface area contributed by atoms with Gasteiger partial charge in [0.2, 0.25) is 5.43 Å². The normalized spacial score (nSPS) is 10.9. The molecule has 3 aromatic rings. The maximum absolute atomic E-state index is 12.8. The quantitative estimate of drug-likeness (QED) is 0.549. The fourth-order valence-corrected chi connectivity index (χ4v) is 2.71. The monoisotopic (exact) mass is 312 g/mol. The number of benzene rings is 2. The van der Waals surface area contributed by atoms with E-state index in [9.17, 15) is 9.59 Å². The van der Waals surface area contributed by atoms with Gasteiger partial charge in [-0.05, 0) is 30.7 Å². The minimum atomic E-state index is -0.393. The summed E-state index contributed by atoms with van der Waals surface area (Å²) in [5.41, 5.74) is 2.11. The highest BCUT2D eigenvalue weighted by Crippen LogP contribution is 2.32. The van der Waals surface area contributed by atoms with Crippen molar-refractivity contribution in [3.63, 3.8) is 0 Å². The largest absolute Gasteiger partial charge is 0.496 e. The lowest BCUT2D eigenvalue weighted by Gasteiger charge is -2.12. The van der Waals surface area contributed by atoms with Crippen LogP contribution in [0.25, 0.3) is 21.9 Å². The summed E-state index contributed by atoms with van der Waals surface area (Å²) >= 11 is 0. The lowest BCUT2D eigenvalue weighted by Crippen LogP contribution is -2.10. The van der Waals surface area contributed by atoms with E-state index >= 15 is 0 Å². The highest BCUT2D eigenvalue weighted by molar-refractivity contribution is 5.96. The molecule has 0 saturated heterocycles. The molecule has 1 heterocycles. The van der Waals surface area contributed by atoms with Crippen molar-refractivity contribution in [1.82, 2.24) is 0 Å². The fourth-order valence-electron chi connectivity index (χ4n) is 2.71. The maximum atomic E-state index is 12.8. The summed E-state index contributed by atoms with van der Waals surface area (Å²) in [6, 6.07) is 8.75. The van der Waals surface area contributed by atoms with Crippen molar-refractivity contribution in [2.45, 2.75) is 13.3 Å². The van der Waals surface area contributed by atoms with Crippen LogP contribution in [0, 0.1) is 6.92 Å². The molecule has 0 aliphatic rings. The van der Waals surface area contributed by atoms with E-state index in [1.807, 2.05) is 6.92 Å². The molecule has 0 atom stereocenters. The van der Waals surface area contributed by atoms with Crippen LogP contribution in [0.5, 0.6) is 5.75 Å². The third kappa shape index (κ3) is 2.44. The minimum Gasteiger partial charge on any atom is -0.496 e. The molecule has 0 saturated carbocycles. The Morgan fingerprint density at radius 3 is 2.65 bits per heavy atom. The molecule has 0 spiro atoms. The van der Waals surface area contributed by atoms with Gasteiger partial charge in [0.05, 0.1) is 26.0 Å². The lowest BCUT2D eigenvalue weighted by molar-refractivity contribution is -0.139. The molecule has 1 aromatic heterocycles. The third-order valence-electron chi connectivity index (χ3n) is 3.91. The average molecular weight is 312 g/mol. The van der Waals surface area contributed by atoms with Gasteiger partial charge < -0.3 is 13.9 Å². The van der Waals surface area contributed by atoms with Crippen LogP contribution in [0.3, 0.4) is 0 Å². The summed E-state index contributed by atoms with van der Waals surface area (Å²) in [4.78, 5) is 24.5. The van der Waals surface area contributed by atoms with Gasteiger partial charge >= 0.3 is 5.97 Å². The van der Waals surface area contributed by atoms with Crippen LogP contribution in [-0.4, -0.2) is 20.2 Å². The van der Waals surface area contributed by atoms with Crippen molar-refractivity contribution in [3.8, 4) is 5.75 Å². The molecule has 118 valence electrons. The van der Waals surface area contributed by atoms with E-state index in [1.165, 1.54) is 14.2 Å². The molecule has 0 aliphatic heterocycles. The molecule has 5 heteroatoms. The summed E-state index contributed by atoms with van der Waals surface area (Å²) in [7, 11) is 2.83. The van der Waals surface area contributed by atoms with Crippen LogP contribution < -0.4 is 10.2 Å². The Labute approximate surface area is 132 Å². The molecular weight excluding hydrogens is 296 g/mol. The van der Waals surface area contributed by atoms with E-state index < -0.39 is 5.97 Å². The summed E-state index contributed by atoms with van der Waals surface area (Å²) < 4.78 is 16.0. The number of carbonyl (C=O) groups is 1. The van der Waals surface area contributed by atoms with Gasteiger partial charge in [-0.15, -0.1) is 0 Å². The maximum Gasteiger partial charge on any atom is 0.310 e. The second kappa shape index (κ2) is 5.76. The van der Waals surface area contributed by atoms with E-state index in [4.69, 9.17) is 13.9 Å². The number of aryl methyl sites for hydroxylation is 1. The van der Waals surface area contributed by atoms with E-state index in [0.29, 0.717) is 33.3 Å². The first-order valence-electron chi connectivity index (χ1n) is 7.15. The molecule has 0 radical (unpaired) electrons. The number of ether oxygens (including phenoxy) is 2. The zero-order valence-corrected chi connectivity index (χ0v) is 13.1. The smallest absolute Gasteiger partial charge is 0.310 e. The van der Waals surface area contributed by atoms with Crippen molar-refractivity contribution in [2.75, 3.05) is 14.2 Å². The second-order valence-corrected chi connectivity index (χ2v) is 5.26. The number of fused-ring (bicyclic) bond motifs is 2. The summed E-state index contributed by atoms with van der Waals surface area (Å²) in [5, 5.41) is 0.821. The van der Waals surface area contributed by atoms with Gasteiger partial charge in [-0.3, -0.25) is 9.59 Å². The SMILES string of the molecule is COC(=O)Cc1c(C)cc(OC)c2c(=O)c3ccccc3oc12. The predicted octanol–water partition coefficient (Wildman–Crippen LogP) is 2.98.